The minimum atomic E-state index is -4.82. The molecule has 0 radical (unpaired) electrons. The van der Waals surface area contributed by atoms with Gasteiger partial charge < -0.3 is 14.5 Å². The Bertz CT molecular complexity index is 1540. The third-order valence-electron chi connectivity index (χ3n) is 5.94. The number of tetrazole rings is 1. The lowest BCUT2D eigenvalue weighted by atomic mass is 9.99. The topological polar surface area (TPSA) is 115 Å². The number of hydrogen-bond acceptors (Lipinski definition) is 7. The first-order valence-corrected chi connectivity index (χ1v) is 13.1. The minimum Gasteiger partial charge on any atom is -0.494 e. The van der Waals surface area contributed by atoms with Crippen LogP contribution in [0, 0.1) is 6.92 Å². The molecule has 0 spiro atoms. The van der Waals surface area contributed by atoms with Gasteiger partial charge in [-0.2, -0.15) is 18.0 Å². The van der Waals surface area contributed by atoms with Crippen LogP contribution in [0.4, 0.5) is 18.9 Å². The number of alkyl halides is 3. The molecule has 2 aromatic heterocycles. The van der Waals surface area contributed by atoms with Crippen LogP contribution in [0.1, 0.15) is 50.6 Å². The van der Waals surface area contributed by atoms with E-state index in [4.69, 9.17) is 9.15 Å². The highest BCUT2D eigenvalue weighted by Crippen LogP contribution is 2.40. The Hall–Kier alpha value is -4.68. The van der Waals surface area contributed by atoms with Gasteiger partial charge in [-0.1, -0.05) is 24.3 Å². The Balaban J connectivity index is 1.84. The third kappa shape index (κ3) is 7.14. The maximum atomic E-state index is 14.3. The summed E-state index contributed by atoms with van der Waals surface area (Å²) in [6, 6.07) is 12.7. The Morgan fingerprint density at radius 1 is 1.05 bits per heavy atom. The molecule has 0 aliphatic heterocycles. The number of hydrogen-bond donors (Lipinski definition) is 1. The highest BCUT2D eigenvalue weighted by atomic mass is 19.4. The molecule has 2 heterocycles. The minimum absolute atomic E-state index is 0.0895. The number of aromatic nitrogens is 4. The predicted molar refractivity (Wildman–Crippen MR) is 147 cm³/mol. The zero-order valence-corrected chi connectivity index (χ0v) is 23.8. The van der Waals surface area contributed by atoms with E-state index in [-0.39, 0.29) is 11.4 Å². The lowest BCUT2D eigenvalue weighted by Gasteiger charge is -2.35. The average Bonchev–Trinajstić information content (AvgIpc) is 3.55. The van der Waals surface area contributed by atoms with Gasteiger partial charge >= 0.3 is 6.18 Å². The summed E-state index contributed by atoms with van der Waals surface area (Å²) >= 11 is 0. The molecule has 1 atom stereocenters. The van der Waals surface area contributed by atoms with E-state index in [0.717, 1.165) is 21.8 Å². The van der Waals surface area contributed by atoms with Crippen molar-refractivity contribution in [3.05, 3.63) is 77.6 Å². The number of carbonyl (C=O) groups excluding carboxylic acids is 2. The van der Waals surface area contributed by atoms with Crippen molar-refractivity contribution in [2.24, 2.45) is 0 Å². The molecule has 0 saturated carbocycles. The Labute approximate surface area is 240 Å². The maximum Gasteiger partial charge on any atom is 0.418 e. The lowest BCUT2D eigenvalue weighted by Crippen LogP contribution is -2.50. The first kappa shape index (κ1) is 30.3. The quantitative estimate of drug-likeness (QED) is 0.282. The van der Waals surface area contributed by atoms with Crippen LogP contribution in [0.15, 0.2) is 65.1 Å². The molecule has 0 fully saturated rings. The van der Waals surface area contributed by atoms with E-state index in [2.05, 4.69) is 20.7 Å². The SMILES string of the molecule is CCOc1ccc(C(C(=O)NC(C)(C)C)N(C(=O)Cn2nnc(-c3ccc(C)o3)n2)c2ccccc2C(F)(F)F)cc1. The van der Waals surface area contributed by atoms with Crippen LogP contribution in [0.5, 0.6) is 5.75 Å². The van der Waals surface area contributed by atoms with Gasteiger partial charge in [0.2, 0.25) is 11.7 Å². The Kier molecular flexibility index (Phi) is 8.69. The van der Waals surface area contributed by atoms with E-state index in [9.17, 15) is 22.8 Å². The van der Waals surface area contributed by atoms with Crippen molar-refractivity contribution >= 4 is 17.5 Å². The Morgan fingerprint density at radius 3 is 2.33 bits per heavy atom. The van der Waals surface area contributed by atoms with Crippen molar-refractivity contribution in [3.63, 3.8) is 0 Å². The monoisotopic (exact) mass is 584 g/mol. The average molecular weight is 585 g/mol. The highest BCUT2D eigenvalue weighted by molar-refractivity contribution is 6.02. The van der Waals surface area contributed by atoms with Crippen molar-refractivity contribution in [2.75, 3.05) is 11.5 Å². The largest absolute Gasteiger partial charge is 0.494 e. The second-order valence-electron chi connectivity index (χ2n) is 10.5. The molecule has 2 amide bonds. The van der Waals surface area contributed by atoms with Gasteiger partial charge in [0.25, 0.3) is 5.91 Å². The van der Waals surface area contributed by atoms with Crippen LogP contribution in [0.3, 0.4) is 0 Å². The summed E-state index contributed by atoms with van der Waals surface area (Å²) < 4.78 is 53.8. The van der Waals surface area contributed by atoms with Crippen molar-refractivity contribution in [2.45, 2.75) is 58.9 Å². The number of furan rings is 1. The van der Waals surface area contributed by atoms with Crippen LogP contribution >= 0.6 is 0 Å². The molecule has 10 nitrogen and oxygen atoms in total. The van der Waals surface area contributed by atoms with E-state index >= 15 is 0 Å². The summed E-state index contributed by atoms with van der Waals surface area (Å²) in [5.41, 5.74) is -2.08. The lowest BCUT2D eigenvalue weighted by molar-refractivity contribution is -0.137. The molecule has 1 unspecified atom stereocenters. The number of halogens is 3. The highest BCUT2D eigenvalue weighted by Gasteiger charge is 2.41. The molecular formula is C29H31F3N6O4. The molecule has 42 heavy (non-hydrogen) atoms. The number of benzene rings is 2. The fourth-order valence-electron chi connectivity index (χ4n) is 4.27. The van der Waals surface area contributed by atoms with Gasteiger partial charge in [-0.15, -0.1) is 10.2 Å². The van der Waals surface area contributed by atoms with Crippen molar-refractivity contribution < 1.29 is 31.9 Å². The van der Waals surface area contributed by atoms with Gasteiger partial charge in [-0.3, -0.25) is 14.5 Å². The molecule has 4 rings (SSSR count). The number of anilines is 1. The zero-order valence-electron chi connectivity index (χ0n) is 23.8. The van der Waals surface area contributed by atoms with Crippen LogP contribution < -0.4 is 15.0 Å². The van der Waals surface area contributed by atoms with Gasteiger partial charge in [0.15, 0.2) is 5.76 Å². The molecule has 1 N–H and O–H groups in total. The van der Waals surface area contributed by atoms with Crippen LogP contribution in [0.2, 0.25) is 0 Å². The standard InChI is InChI=1S/C29H31F3N6O4/c1-6-41-20-14-12-19(13-15-20)25(27(40)33-28(3,4)5)38(22-10-8-7-9-21(22)29(30,31)32)24(39)17-37-35-26(34-36-37)23-16-11-18(2)42-23/h7-16,25H,6,17H2,1-5H3,(H,33,40). The van der Waals surface area contributed by atoms with Crippen LogP contribution in [0.25, 0.3) is 11.6 Å². The van der Waals surface area contributed by atoms with E-state index in [0.29, 0.717) is 23.9 Å². The number of para-hydroxylation sites is 1. The van der Waals surface area contributed by atoms with Crippen molar-refractivity contribution in [1.82, 2.24) is 25.5 Å². The number of ether oxygens (including phenoxy) is 1. The molecule has 0 saturated heterocycles. The second kappa shape index (κ2) is 12.0. The first-order valence-electron chi connectivity index (χ1n) is 13.1. The van der Waals surface area contributed by atoms with Gasteiger partial charge in [-0.25, -0.2) is 0 Å². The molecule has 222 valence electrons. The van der Waals surface area contributed by atoms with Crippen molar-refractivity contribution in [1.29, 1.82) is 0 Å². The number of amides is 2. The smallest absolute Gasteiger partial charge is 0.418 e. The number of nitrogens with zero attached hydrogens (tertiary/aromatic N) is 5. The number of carbonyl (C=O) groups is 2. The van der Waals surface area contributed by atoms with E-state index in [1.165, 1.54) is 12.1 Å². The zero-order chi connectivity index (χ0) is 30.7. The number of aryl methyl sites for hydroxylation is 1. The third-order valence-corrected chi connectivity index (χ3v) is 5.94. The number of nitrogens with one attached hydrogen (secondary N) is 1. The van der Waals surface area contributed by atoms with Gasteiger partial charge in [-0.05, 0) is 81.8 Å². The fourth-order valence-corrected chi connectivity index (χ4v) is 4.27. The van der Waals surface area contributed by atoms with Gasteiger partial charge in [0, 0.05) is 5.54 Å². The second-order valence-corrected chi connectivity index (χ2v) is 10.5. The summed E-state index contributed by atoms with van der Waals surface area (Å²) in [6.07, 6.45) is -4.82. The van der Waals surface area contributed by atoms with E-state index in [1.807, 2.05) is 0 Å². The van der Waals surface area contributed by atoms with Crippen molar-refractivity contribution in [3.8, 4) is 17.3 Å². The fraction of sp³-hybridized carbons (Fsp3) is 0.345. The molecular weight excluding hydrogens is 553 g/mol. The first-order chi connectivity index (χ1) is 19.8. The molecule has 13 heteroatoms. The van der Waals surface area contributed by atoms with Gasteiger partial charge in [0.05, 0.1) is 17.9 Å². The Morgan fingerprint density at radius 2 is 1.74 bits per heavy atom. The molecule has 0 aliphatic rings. The molecule has 4 aromatic rings. The molecule has 0 bridgehead atoms. The molecule has 2 aromatic carbocycles. The number of rotatable bonds is 9. The molecule has 0 aliphatic carbocycles. The normalized spacial score (nSPS) is 12.6. The van der Waals surface area contributed by atoms with E-state index in [1.54, 1.807) is 71.0 Å². The van der Waals surface area contributed by atoms with Crippen LogP contribution in [-0.4, -0.2) is 44.2 Å². The van der Waals surface area contributed by atoms with Gasteiger partial charge in [0.1, 0.15) is 24.1 Å². The summed E-state index contributed by atoms with van der Waals surface area (Å²) in [7, 11) is 0. The summed E-state index contributed by atoms with van der Waals surface area (Å²) in [6.45, 7) is 8.50. The summed E-state index contributed by atoms with van der Waals surface area (Å²) in [4.78, 5) is 29.6. The van der Waals surface area contributed by atoms with E-state index < -0.39 is 47.4 Å². The van der Waals surface area contributed by atoms with Crippen LogP contribution in [-0.2, 0) is 22.3 Å². The maximum absolute atomic E-state index is 14.3. The predicted octanol–water partition coefficient (Wildman–Crippen LogP) is 5.35. The summed E-state index contributed by atoms with van der Waals surface area (Å²) in [5, 5.41) is 14.8. The summed E-state index contributed by atoms with van der Waals surface area (Å²) in [5.74, 6) is -0.0637.